The highest BCUT2D eigenvalue weighted by molar-refractivity contribution is 7.85. The smallest absolute Gasteiger partial charge is 0.281 e. The summed E-state index contributed by atoms with van der Waals surface area (Å²) in [4.78, 5) is 7.42. The zero-order valence-electron chi connectivity index (χ0n) is 8.11. The Balaban J connectivity index is 2.53. The van der Waals surface area contributed by atoms with Gasteiger partial charge >= 0.3 is 10.1 Å². The van der Waals surface area contributed by atoms with E-state index in [1.165, 1.54) is 6.07 Å². The molecule has 0 aliphatic carbocycles. The molecule has 0 aliphatic heterocycles. The minimum absolute atomic E-state index is 0.402. The summed E-state index contributed by atoms with van der Waals surface area (Å²) in [5.41, 5.74) is 1.21. The highest BCUT2D eigenvalue weighted by Gasteiger charge is 2.12. The molecule has 0 saturated heterocycles. The summed E-state index contributed by atoms with van der Waals surface area (Å²) in [5.74, 6) is 0. The van der Waals surface area contributed by atoms with Crippen LogP contribution in [-0.2, 0) is 10.1 Å². The van der Waals surface area contributed by atoms with E-state index in [4.69, 9.17) is 4.55 Å². The third kappa shape index (κ3) is 2.23. The largest absolute Gasteiger partial charge is 0.312 e. The molecule has 5 nitrogen and oxygen atoms in total. The highest BCUT2D eigenvalue weighted by Crippen LogP contribution is 2.17. The second kappa shape index (κ2) is 3.99. The molecule has 1 aromatic heterocycles. The van der Waals surface area contributed by atoms with Gasteiger partial charge in [0.1, 0.15) is 6.33 Å². The Kier molecular flexibility index (Phi) is 2.67. The van der Waals surface area contributed by atoms with Gasteiger partial charge in [0.05, 0.1) is 5.69 Å². The lowest BCUT2D eigenvalue weighted by Crippen LogP contribution is -2.02. The van der Waals surface area contributed by atoms with Gasteiger partial charge in [0.25, 0.3) is 0 Å². The third-order valence-electron chi connectivity index (χ3n) is 1.98. The van der Waals surface area contributed by atoms with Crippen molar-refractivity contribution in [3.63, 3.8) is 0 Å². The zero-order chi connectivity index (χ0) is 11.6. The average molecular weight is 236 g/mol. The molecule has 2 rings (SSSR count). The summed E-state index contributed by atoms with van der Waals surface area (Å²) in [7, 11) is -4.28. The van der Waals surface area contributed by atoms with Crippen molar-refractivity contribution in [1.29, 1.82) is 0 Å². The van der Waals surface area contributed by atoms with Gasteiger partial charge in [-0.1, -0.05) is 30.3 Å². The Morgan fingerprint density at radius 2 is 1.75 bits per heavy atom. The van der Waals surface area contributed by atoms with Crippen LogP contribution in [0.4, 0.5) is 0 Å². The summed E-state index contributed by atoms with van der Waals surface area (Å²) >= 11 is 0. The molecule has 82 valence electrons. The van der Waals surface area contributed by atoms with Gasteiger partial charge in [-0.15, -0.1) is 0 Å². The standard InChI is InChI=1S/C10H8N2O3S/c13-16(14,15)10-6-9(11-7-12-10)8-4-2-1-3-5-8/h1-7H,(H,13,14,15). The maximum Gasteiger partial charge on any atom is 0.312 e. The Labute approximate surface area is 92.6 Å². The Morgan fingerprint density at radius 3 is 2.38 bits per heavy atom. The fourth-order valence-corrected chi connectivity index (χ4v) is 1.69. The van der Waals surface area contributed by atoms with E-state index in [-0.39, 0.29) is 0 Å². The van der Waals surface area contributed by atoms with Crippen LogP contribution in [0.5, 0.6) is 0 Å². The van der Waals surface area contributed by atoms with Gasteiger partial charge in [0.2, 0.25) is 0 Å². The molecule has 0 aliphatic rings. The fraction of sp³-hybridized carbons (Fsp3) is 0. The van der Waals surface area contributed by atoms with E-state index < -0.39 is 15.1 Å². The second-order valence-electron chi connectivity index (χ2n) is 3.08. The first-order valence-corrected chi connectivity index (χ1v) is 5.86. The highest BCUT2D eigenvalue weighted by atomic mass is 32.2. The van der Waals surface area contributed by atoms with Gasteiger partial charge in [-0.2, -0.15) is 8.42 Å². The monoisotopic (exact) mass is 236 g/mol. The summed E-state index contributed by atoms with van der Waals surface area (Å²) < 4.78 is 30.6. The lowest BCUT2D eigenvalue weighted by atomic mass is 10.1. The molecule has 0 fully saturated rings. The third-order valence-corrected chi connectivity index (χ3v) is 2.73. The molecule has 0 radical (unpaired) electrons. The van der Waals surface area contributed by atoms with Crippen LogP contribution < -0.4 is 0 Å². The SMILES string of the molecule is O=S(=O)(O)c1cc(-c2ccccc2)ncn1. The van der Waals surface area contributed by atoms with E-state index in [2.05, 4.69) is 9.97 Å². The molecule has 1 heterocycles. The topological polar surface area (TPSA) is 80.2 Å². The average Bonchev–Trinajstić information content (AvgIpc) is 2.29. The van der Waals surface area contributed by atoms with Crippen LogP contribution in [0, 0.1) is 0 Å². The first-order valence-electron chi connectivity index (χ1n) is 4.42. The van der Waals surface area contributed by atoms with Crippen molar-refractivity contribution in [3.8, 4) is 11.3 Å². The summed E-state index contributed by atoms with van der Waals surface area (Å²) in [6.07, 6.45) is 1.10. The van der Waals surface area contributed by atoms with Gasteiger partial charge in [-0.3, -0.25) is 4.55 Å². The molecular weight excluding hydrogens is 228 g/mol. The molecule has 0 atom stereocenters. The summed E-state index contributed by atoms with van der Waals surface area (Å²) in [5, 5.41) is -0.402. The van der Waals surface area contributed by atoms with Crippen molar-refractivity contribution in [2.24, 2.45) is 0 Å². The molecule has 0 saturated carbocycles. The number of rotatable bonds is 2. The maximum absolute atomic E-state index is 10.9. The number of hydrogen-bond donors (Lipinski definition) is 1. The van der Waals surface area contributed by atoms with Crippen LogP contribution in [0.2, 0.25) is 0 Å². The van der Waals surface area contributed by atoms with E-state index in [1.54, 1.807) is 12.1 Å². The predicted molar refractivity (Wildman–Crippen MR) is 57.3 cm³/mol. The lowest BCUT2D eigenvalue weighted by molar-refractivity contribution is 0.479. The van der Waals surface area contributed by atoms with E-state index in [0.29, 0.717) is 5.69 Å². The second-order valence-corrected chi connectivity index (χ2v) is 4.45. The number of benzene rings is 1. The number of nitrogens with zero attached hydrogens (tertiary/aromatic N) is 2. The first kappa shape index (κ1) is 10.7. The van der Waals surface area contributed by atoms with Crippen LogP contribution in [0.3, 0.4) is 0 Å². The Morgan fingerprint density at radius 1 is 1.06 bits per heavy atom. The van der Waals surface area contributed by atoms with E-state index in [1.807, 2.05) is 18.2 Å². The minimum Gasteiger partial charge on any atom is -0.281 e. The molecule has 2 aromatic rings. The molecule has 0 unspecified atom stereocenters. The number of hydrogen-bond acceptors (Lipinski definition) is 4. The summed E-state index contributed by atoms with van der Waals surface area (Å²) in [6, 6.07) is 10.3. The van der Waals surface area contributed by atoms with Crippen molar-refractivity contribution in [3.05, 3.63) is 42.7 Å². The molecule has 16 heavy (non-hydrogen) atoms. The number of aromatic nitrogens is 2. The first-order chi connectivity index (χ1) is 7.57. The Bertz CT molecular complexity index is 596. The van der Waals surface area contributed by atoms with Gasteiger partial charge in [-0.05, 0) is 0 Å². The molecule has 6 heteroatoms. The van der Waals surface area contributed by atoms with Crippen LogP contribution in [-0.4, -0.2) is 22.9 Å². The molecular formula is C10H8N2O3S. The Hall–Kier alpha value is -1.79. The van der Waals surface area contributed by atoms with Crippen LogP contribution in [0.15, 0.2) is 47.8 Å². The van der Waals surface area contributed by atoms with Crippen molar-refractivity contribution in [2.75, 3.05) is 0 Å². The van der Waals surface area contributed by atoms with Crippen LogP contribution in [0.25, 0.3) is 11.3 Å². The van der Waals surface area contributed by atoms with E-state index >= 15 is 0 Å². The van der Waals surface area contributed by atoms with Crippen LogP contribution >= 0.6 is 0 Å². The van der Waals surface area contributed by atoms with E-state index in [0.717, 1.165) is 11.9 Å². The lowest BCUT2D eigenvalue weighted by Gasteiger charge is -2.01. The fourth-order valence-electron chi connectivity index (χ4n) is 1.25. The molecule has 1 N–H and O–H groups in total. The quantitative estimate of drug-likeness (QED) is 0.629. The summed E-state index contributed by atoms with van der Waals surface area (Å²) in [6.45, 7) is 0. The predicted octanol–water partition coefficient (Wildman–Crippen LogP) is 1.39. The van der Waals surface area contributed by atoms with Gasteiger partial charge < -0.3 is 0 Å². The van der Waals surface area contributed by atoms with E-state index in [9.17, 15) is 8.42 Å². The molecule has 0 bridgehead atoms. The van der Waals surface area contributed by atoms with Crippen molar-refractivity contribution in [1.82, 2.24) is 9.97 Å². The van der Waals surface area contributed by atoms with Gasteiger partial charge in [0.15, 0.2) is 5.03 Å². The van der Waals surface area contributed by atoms with Crippen molar-refractivity contribution >= 4 is 10.1 Å². The van der Waals surface area contributed by atoms with Gasteiger partial charge in [0, 0.05) is 11.6 Å². The maximum atomic E-state index is 10.9. The van der Waals surface area contributed by atoms with Crippen LogP contribution in [0.1, 0.15) is 0 Å². The van der Waals surface area contributed by atoms with Crippen molar-refractivity contribution in [2.45, 2.75) is 5.03 Å². The van der Waals surface area contributed by atoms with Crippen molar-refractivity contribution < 1.29 is 13.0 Å². The molecule has 0 amide bonds. The van der Waals surface area contributed by atoms with Gasteiger partial charge in [-0.25, -0.2) is 9.97 Å². The minimum atomic E-state index is -4.28. The molecule has 1 aromatic carbocycles. The normalized spacial score (nSPS) is 11.3. The zero-order valence-corrected chi connectivity index (χ0v) is 8.92. The molecule has 0 spiro atoms.